The third-order valence-electron chi connectivity index (χ3n) is 3.86. The van der Waals surface area contributed by atoms with Crippen molar-refractivity contribution < 1.29 is 9.59 Å². The number of rotatable bonds is 6. The number of amides is 2. The Morgan fingerprint density at radius 3 is 2.46 bits per heavy atom. The van der Waals surface area contributed by atoms with Crippen molar-refractivity contribution in [3.05, 3.63) is 59.7 Å². The van der Waals surface area contributed by atoms with E-state index in [0.717, 1.165) is 24.1 Å². The van der Waals surface area contributed by atoms with Crippen molar-refractivity contribution in [1.29, 1.82) is 0 Å². The van der Waals surface area contributed by atoms with Crippen molar-refractivity contribution >= 4 is 23.2 Å². The molecule has 2 aromatic carbocycles. The number of hydrogen-bond donors (Lipinski definition) is 3. The third-order valence-corrected chi connectivity index (χ3v) is 3.86. The Morgan fingerprint density at radius 1 is 1.04 bits per heavy atom. The lowest BCUT2D eigenvalue weighted by Crippen LogP contribution is -2.27. The molecule has 1 saturated carbocycles. The van der Waals surface area contributed by atoms with Gasteiger partial charge in [0.1, 0.15) is 0 Å². The number of aryl methyl sites for hydroxylation is 1. The first-order valence-corrected chi connectivity index (χ1v) is 8.12. The van der Waals surface area contributed by atoms with E-state index in [4.69, 9.17) is 0 Å². The second-order valence-electron chi connectivity index (χ2n) is 6.06. The molecule has 0 aromatic heterocycles. The maximum atomic E-state index is 12.2. The number of hydrogen-bond acceptors (Lipinski definition) is 3. The van der Waals surface area contributed by atoms with Gasteiger partial charge in [0.25, 0.3) is 5.91 Å². The Kier molecular flexibility index (Phi) is 4.79. The molecule has 0 heterocycles. The smallest absolute Gasteiger partial charge is 0.253 e. The van der Waals surface area contributed by atoms with Crippen LogP contribution in [0.4, 0.5) is 11.4 Å². The highest BCUT2D eigenvalue weighted by atomic mass is 16.2. The summed E-state index contributed by atoms with van der Waals surface area (Å²) >= 11 is 0. The molecule has 0 saturated heterocycles. The number of nitrogens with one attached hydrogen (secondary N) is 3. The van der Waals surface area contributed by atoms with Gasteiger partial charge in [0.05, 0.1) is 12.1 Å². The average molecular weight is 323 g/mol. The quantitative estimate of drug-likeness (QED) is 0.765. The van der Waals surface area contributed by atoms with Crippen LogP contribution in [0.15, 0.2) is 48.5 Å². The molecule has 5 heteroatoms. The standard InChI is InChI=1S/C19H21N3O2/c1-13-6-8-14(9-7-13)21-18(23)12-20-17-5-3-2-4-16(17)19(24)22-15-10-11-15/h2-9,15,20H,10-12H2,1H3,(H,21,23)(H,22,24). The van der Waals surface area contributed by atoms with Gasteiger partial charge in [-0.1, -0.05) is 29.8 Å². The van der Waals surface area contributed by atoms with E-state index >= 15 is 0 Å². The molecule has 3 N–H and O–H groups in total. The number of anilines is 2. The molecule has 124 valence electrons. The molecule has 0 spiro atoms. The van der Waals surface area contributed by atoms with Crippen molar-refractivity contribution in [3.8, 4) is 0 Å². The van der Waals surface area contributed by atoms with E-state index < -0.39 is 0 Å². The minimum Gasteiger partial charge on any atom is -0.376 e. The molecule has 0 radical (unpaired) electrons. The summed E-state index contributed by atoms with van der Waals surface area (Å²) in [7, 11) is 0. The van der Waals surface area contributed by atoms with Gasteiger partial charge in [-0.05, 0) is 44.0 Å². The molecule has 3 rings (SSSR count). The van der Waals surface area contributed by atoms with Gasteiger partial charge in [-0.25, -0.2) is 0 Å². The van der Waals surface area contributed by atoms with Gasteiger partial charge < -0.3 is 16.0 Å². The molecule has 0 atom stereocenters. The fourth-order valence-electron chi connectivity index (χ4n) is 2.34. The summed E-state index contributed by atoms with van der Waals surface area (Å²) in [5.74, 6) is -0.254. The van der Waals surface area contributed by atoms with Gasteiger partial charge in [0.15, 0.2) is 0 Å². The first kappa shape index (κ1) is 16.1. The van der Waals surface area contributed by atoms with Crippen molar-refractivity contribution in [2.45, 2.75) is 25.8 Å². The molecule has 24 heavy (non-hydrogen) atoms. The monoisotopic (exact) mass is 323 g/mol. The molecule has 2 aromatic rings. The number of carbonyl (C=O) groups excluding carboxylic acids is 2. The van der Waals surface area contributed by atoms with Crippen molar-refractivity contribution in [1.82, 2.24) is 5.32 Å². The first-order valence-electron chi connectivity index (χ1n) is 8.12. The van der Waals surface area contributed by atoms with E-state index in [1.165, 1.54) is 0 Å². The normalized spacial score (nSPS) is 13.2. The third kappa shape index (κ3) is 4.35. The van der Waals surface area contributed by atoms with E-state index in [-0.39, 0.29) is 18.4 Å². The molecular weight excluding hydrogens is 302 g/mol. The van der Waals surface area contributed by atoms with Crippen LogP contribution in [-0.4, -0.2) is 24.4 Å². The highest BCUT2D eigenvalue weighted by Gasteiger charge is 2.24. The summed E-state index contributed by atoms with van der Waals surface area (Å²) in [6.45, 7) is 2.10. The summed E-state index contributed by atoms with van der Waals surface area (Å²) in [6, 6.07) is 15.2. The Hall–Kier alpha value is -2.82. The summed E-state index contributed by atoms with van der Waals surface area (Å²) in [5, 5.41) is 8.84. The van der Waals surface area contributed by atoms with Crippen LogP contribution < -0.4 is 16.0 Å². The molecule has 0 unspecified atom stereocenters. The van der Waals surface area contributed by atoms with Crippen LogP contribution in [0.3, 0.4) is 0 Å². The molecule has 1 fully saturated rings. The van der Waals surface area contributed by atoms with E-state index in [1.807, 2.05) is 43.3 Å². The van der Waals surface area contributed by atoms with Crippen LogP contribution >= 0.6 is 0 Å². The largest absolute Gasteiger partial charge is 0.376 e. The molecule has 0 bridgehead atoms. The van der Waals surface area contributed by atoms with Gasteiger partial charge in [-0.2, -0.15) is 0 Å². The number of carbonyl (C=O) groups is 2. The molecular formula is C19H21N3O2. The van der Waals surface area contributed by atoms with Gasteiger partial charge >= 0.3 is 0 Å². The second kappa shape index (κ2) is 7.17. The van der Waals surface area contributed by atoms with Gasteiger partial charge in [-0.3, -0.25) is 9.59 Å². The predicted molar refractivity (Wildman–Crippen MR) is 95.2 cm³/mol. The molecule has 1 aliphatic rings. The van der Waals surface area contributed by atoms with E-state index in [2.05, 4.69) is 16.0 Å². The van der Waals surface area contributed by atoms with Gasteiger partial charge in [-0.15, -0.1) is 0 Å². The Bertz CT molecular complexity index is 737. The van der Waals surface area contributed by atoms with E-state index in [1.54, 1.807) is 12.1 Å². The van der Waals surface area contributed by atoms with Crippen LogP contribution in [0.2, 0.25) is 0 Å². The summed E-state index contributed by atoms with van der Waals surface area (Å²) in [6.07, 6.45) is 2.08. The SMILES string of the molecule is Cc1ccc(NC(=O)CNc2ccccc2C(=O)NC2CC2)cc1. The van der Waals surface area contributed by atoms with E-state index in [0.29, 0.717) is 17.3 Å². The zero-order chi connectivity index (χ0) is 16.9. The predicted octanol–water partition coefficient (Wildman–Crippen LogP) is 2.94. The lowest BCUT2D eigenvalue weighted by atomic mass is 10.1. The summed E-state index contributed by atoms with van der Waals surface area (Å²) in [4.78, 5) is 24.3. The highest BCUT2D eigenvalue weighted by molar-refractivity contribution is 6.01. The van der Waals surface area contributed by atoms with Crippen LogP contribution in [0.25, 0.3) is 0 Å². The maximum Gasteiger partial charge on any atom is 0.253 e. The molecule has 1 aliphatic carbocycles. The topological polar surface area (TPSA) is 70.2 Å². The Balaban J connectivity index is 1.58. The van der Waals surface area contributed by atoms with Crippen LogP contribution in [-0.2, 0) is 4.79 Å². The minimum atomic E-state index is -0.156. The molecule has 5 nitrogen and oxygen atoms in total. The first-order chi connectivity index (χ1) is 11.6. The number of benzene rings is 2. The van der Waals surface area contributed by atoms with Crippen molar-refractivity contribution in [2.24, 2.45) is 0 Å². The van der Waals surface area contributed by atoms with Crippen LogP contribution in [0.5, 0.6) is 0 Å². The molecule has 0 aliphatic heterocycles. The van der Waals surface area contributed by atoms with Crippen LogP contribution in [0.1, 0.15) is 28.8 Å². The summed E-state index contributed by atoms with van der Waals surface area (Å²) < 4.78 is 0. The average Bonchev–Trinajstić information content (AvgIpc) is 3.39. The van der Waals surface area contributed by atoms with Gasteiger partial charge in [0, 0.05) is 17.4 Å². The number of para-hydroxylation sites is 1. The second-order valence-corrected chi connectivity index (χ2v) is 6.06. The van der Waals surface area contributed by atoms with Crippen molar-refractivity contribution in [3.63, 3.8) is 0 Å². The zero-order valence-electron chi connectivity index (χ0n) is 13.6. The van der Waals surface area contributed by atoms with Crippen molar-refractivity contribution in [2.75, 3.05) is 17.2 Å². The van der Waals surface area contributed by atoms with Gasteiger partial charge in [0.2, 0.25) is 5.91 Å². The Labute approximate surface area is 141 Å². The van der Waals surface area contributed by atoms with Crippen LogP contribution in [0, 0.1) is 6.92 Å². The minimum absolute atomic E-state index is 0.0976. The Morgan fingerprint density at radius 2 is 1.75 bits per heavy atom. The lowest BCUT2D eigenvalue weighted by Gasteiger charge is -2.12. The fraction of sp³-hybridized carbons (Fsp3) is 0.263. The highest BCUT2D eigenvalue weighted by Crippen LogP contribution is 2.21. The molecule has 2 amide bonds. The van der Waals surface area contributed by atoms with E-state index in [9.17, 15) is 9.59 Å². The summed E-state index contributed by atoms with van der Waals surface area (Å²) in [5.41, 5.74) is 3.12. The lowest BCUT2D eigenvalue weighted by molar-refractivity contribution is -0.114. The fourth-order valence-corrected chi connectivity index (χ4v) is 2.34. The zero-order valence-corrected chi connectivity index (χ0v) is 13.6. The maximum absolute atomic E-state index is 12.2.